The van der Waals surface area contributed by atoms with Crippen molar-refractivity contribution in [2.75, 3.05) is 0 Å². The minimum Gasteiger partial charge on any atom is -0.456 e. The number of hydrogen-bond donors (Lipinski definition) is 0. The number of benzene rings is 5. The Morgan fingerprint density at radius 3 is 2.06 bits per heavy atom. The molecule has 0 fully saturated rings. The third kappa shape index (κ3) is 2.49. The van der Waals surface area contributed by atoms with Crippen LogP contribution < -0.4 is 25.4 Å². The summed E-state index contributed by atoms with van der Waals surface area (Å²) in [5, 5.41) is 6.20. The quantitative estimate of drug-likeness (QED) is 0.285. The van der Waals surface area contributed by atoms with Crippen molar-refractivity contribution in [3.8, 4) is 34.1 Å². The average molecular weight is 416 g/mol. The van der Waals surface area contributed by atoms with E-state index in [-0.39, 0.29) is 0 Å². The molecule has 0 spiro atoms. The Morgan fingerprint density at radius 2 is 1.19 bits per heavy atom. The molecule has 0 saturated carbocycles. The molecule has 0 amide bonds. The van der Waals surface area contributed by atoms with Gasteiger partial charge in [0.25, 0.3) is 0 Å². The van der Waals surface area contributed by atoms with Crippen molar-refractivity contribution in [2.45, 2.75) is 0 Å². The maximum Gasteiger partial charge on any atom is 0.140 e. The molecule has 1 unspecified atom stereocenters. The molecule has 1 atom stereocenters. The molecule has 0 N–H and O–H groups in total. The van der Waals surface area contributed by atoms with E-state index >= 15 is 0 Å². The highest BCUT2D eigenvalue weighted by atomic mass is 31.1. The fourth-order valence-electron chi connectivity index (χ4n) is 4.62. The predicted octanol–water partition coefficient (Wildman–Crippen LogP) is 6.48. The molecule has 0 aliphatic carbocycles. The van der Waals surface area contributed by atoms with Crippen LogP contribution in [-0.4, -0.2) is 0 Å². The van der Waals surface area contributed by atoms with Crippen molar-refractivity contribution in [1.29, 1.82) is 0 Å². The smallest absolute Gasteiger partial charge is 0.140 e. The van der Waals surface area contributed by atoms with E-state index in [9.17, 15) is 0 Å². The summed E-state index contributed by atoms with van der Waals surface area (Å²) in [6, 6.07) is 36.0. The Morgan fingerprint density at radius 1 is 0.484 bits per heavy atom. The van der Waals surface area contributed by atoms with Gasteiger partial charge < -0.3 is 9.47 Å². The Labute approximate surface area is 181 Å². The zero-order chi connectivity index (χ0) is 20.4. The fourth-order valence-corrected chi connectivity index (χ4v) is 7.35. The Balaban J connectivity index is 1.55. The molecule has 0 aromatic heterocycles. The van der Waals surface area contributed by atoms with Gasteiger partial charge in [-0.3, -0.25) is 0 Å². The first-order valence-electron chi connectivity index (χ1n) is 10.4. The van der Waals surface area contributed by atoms with E-state index < -0.39 is 7.92 Å². The number of para-hydroxylation sites is 1. The van der Waals surface area contributed by atoms with Crippen molar-refractivity contribution >= 4 is 34.6 Å². The van der Waals surface area contributed by atoms with Crippen LogP contribution in [0.2, 0.25) is 0 Å². The molecule has 5 aromatic carbocycles. The summed E-state index contributed by atoms with van der Waals surface area (Å²) in [6.45, 7) is 0. The molecule has 2 heterocycles. The van der Waals surface area contributed by atoms with Crippen LogP contribution in [0.1, 0.15) is 0 Å². The third-order valence-corrected chi connectivity index (χ3v) is 8.65. The van der Waals surface area contributed by atoms with Crippen molar-refractivity contribution in [1.82, 2.24) is 0 Å². The molecular formula is C28H17O2P. The number of hydrogen-bond acceptors (Lipinski definition) is 2. The van der Waals surface area contributed by atoms with Gasteiger partial charge in [0.15, 0.2) is 0 Å². The molecule has 3 heteroatoms. The molecule has 2 aliphatic heterocycles. The SMILES string of the molecule is c1ccc(-c2cc3c4c(c2)Oc2ccc5ccccc5c2P4c2ccccc2O3)cc1. The average Bonchev–Trinajstić information content (AvgIpc) is 2.84. The van der Waals surface area contributed by atoms with Crippen LogP contribution in [0.4, 0.5) is 0 Å². The minimum atomic E-state index is -0.782. The molecule has 31 heavy (non-hydrogen) atoms. The summed E-state index contributed by atoms with van der Waals surface area (Å²) in [7, 11) is -0.782. The van der Waals surface area contributed by atoms with Gasteiger partial charge in [-0.1, -0.05) is 78.9 Å². The zero-order valence-electron chi connectivity index (χ0n) is 16.6. The lowest BCUT2D eigenvalue weighted by molar-refractivity contribution is 0.467. The van der Waals surface area contributed by atoms with Crippen LogP contribution in [0.5, 0.6) is 23.0 Å². The van der Waals surface area contributed by atoms with Crippen molar-refractivity contribution in [2.24, 2.45) is 0 Å². The molecule has 5 aromatic rings. The first-order chi connectivity index (χ1) is 15.4. The Hall–Kier alpha value is -3.61. The minimum absolute atomic E-state index is 0.782. The van der Waals surface area contributed by atoms with E-state index in [2.05, 4.69) is 91.0 Å². The highest BCUT2D eigenvalue weighted by Gasteiger charge is 2.38. The molecule has 0 radical (unpaired) electrons. The molecule has 7 rings (SSSR count). The number of fused-ring (bicyclic) bond motifs is 6. The zero-order valence-corrected chi connectivity index (χ0v) is 17.5. The van der Waals surface area contributed by atoms with Crippen molar-refractivity contribution in [3.05, 3.63) is 103 Å². The molecule has 2 aliphatic rings. The summed E-state index contributed by atoms with van der Waals surface area (Å²) in [4.78, 5) is 0. The van der Waals surface area contributed by atoms with E-state index in [1.54, 1.807) is 0 Å². The van der Waals surface area contributed by atoms with Gasteiger partial charge in [0.1, 0.15) is 23.0 Å². The lowest BCUT2D eigenvalue weighted by Gasteiger charge is -2.35. The maximum atomic E-state index is 6.55. The highest BCUT2D eigenvalue weighted by Crippen LogP contribution is 2.54. The first-order valence-corrected chi connectivity index (χ1v) is 11.7. The van der Waals surface area contributed by atoms with Gasteiger partial charge in [-0.15, -0.1) is 0 Å². The maximum absolute atomic E-state index is 6.55. The standard InChI is InChI=1S/C28H17O2P/c1-2-8-18(9-3-1)20-16-24-28-25(17-20)30-23-15-14-19-10-4-5-11-21(19)27(23)31(28)26-13-7-6-12-22(26)29-24/h1-17H. The second-order valence-electron chi connectivity index (χ2n) is 7.83. The van der Waals surface area contributed by atoms with Gasteiger partial charge in [0.2, 0.25) is 0 Å². The van der Waals surface area contributed by atoms with Gasteiger partial charge in [-0.2, -0.15) is 0 Å². The van der Waals surface area contributed by atoms with E-state index in [0.29, 0.717) is 0 Å². The first kappa shape index (κ1) is 17.1. The lowest BCUT2D eigenvalue weighted by Crippen LogP contribution is -2.32. The van der Waals surface area contributed by atoms with Crippen LogP contribution in [0.15, 0.2) is 103 Å². The summed E-state index contributed by atoms with van der Waals surface area (Å²) in [6.07, 6.45) is 0. The lowest BCUT2D eigenvalue weighted by atomic mass is 10.0. The summed E-state index contributed by atoms with van der Waals surface area (Å²) in [5.74, 6) is 3.70. The molecule has 146 valence electrons. The van der Waals surface area contributed by atoms with Crippen LogP contribution in [0, 0.1) is 0 Å². The van der Waals surface area contributed by atoms with Crippen LogP contribution >= 0.6 is 7.92 Å². The summed E-state index contributed by atoms with van der Waals surface area (Å²) in [5.41, 5.74) is 2.26. The van der Waals surface area contributed by atoms with Gasteiger partial charge >= 0.3 is 0 Å². The van der Waals surface area contributed by atoms with E-state index in [4.69, 9.17) is 9.47 Å². The number of ether oxygens (including phenoxy) is 2. The van der Waals surface area contributed by atoms with Crippen molar-refractivity contribution in [3.63, 3.8) is 0 Å². The largest absolute Gasteiger partial charge is 0.456 e. The highest BCUT2D eigenvalue weighted by molar-refractivity contribution is 7.81. The van der Waals surface area contributed by atoms with Crippen LogP contribution in [0.25, 0.3) is 21.9 Å². The van der Waals surface area contributed by atoms with E-state index in [0.717, 1.165) is 34.1 Å². The van der Waals surface area contributed by atoms with Gasteiger partial charge in [-0.25, -0.2) is 0 Å². The normalized spacial score (nSPS) is 15.3. The van der Waals surface area contributed by atoms with E-state index in [1.807, 2.05) is 12.1 Å². The Kier molecular flexibility index (Phi) is 3.56. The summed E-state index contributed by atoms with van der Waals surface area (Å²) < 4.78 is 13.0. The predicted molar refractivity (Wildman–Crippen MR) is 128 cm³/mol. The fraction of sp³-hybridized carbons (Fsp3) is 0. The Bertz CT molecular complexity index is 1470. The molecular weight excluding hydrogens is 399 g/mol. The van der Waals surface area contributed by atoms with Gasteiger partial charge in [-0.05, 0) is 46.2 Å². The topological polar surface area (TPSA) is 18.5 Å². The molecule has 0 bridgehead atoms. The third-order valence-electron chi connectivity index (χ3n) is 6.00. The second kappa shape index (κ2) is 6.44. The van der Waals surface area contributed by atoms with E-state index in [1.165, 1.54) is 26.7 Å². The summed E-state index contributed by atoms with van der Waals surface area (Å²) >= 11 is 0. The number of rotatable bonds is 1. The van der Waals surface area contributed by atoms with Gasteiger partial charge in [0, 0.05) is 18.5 Å². The second-order valence-corrected chi connectivity index (χ2v) is 9.87. The molecule has 2 nitrogen and oxygen atoms in total. The van der Waals surface area contributed by atoms with Crippen molar-refractivity contribution < 1.29 is 9.47 Å². The van der Waals surface area contributed by atoms with Gasteiger partial charge in [0.05, 0.1) is 5.30 Å². The van der Waals surface area contributed by atoms with Crippen LogP contribution in [-0.2, 0) is 0 Å². The van der Waals surface area contributed by atoms with Crippen LogP contribution in [0.3, 0.4) is 0 Å². The monoisotopic (exact) mass is 416 g/mol. The molecule has 0 saturated heterocycles.